The molecule has 8 heteroatoms. The highest BCUT2D eigenvalue weighted by Gasteiger charge is 2.30. The molecule has 1 N–H and O–H groups in total. The van der Waals surface area contributed by atoms with Crippen LogP contribution < -0.4 is 10.1 Å². The fourth-order valence-electron chi connectivity index (χ4n) is 3.72. The van der Waals surface area contributed by atoms with Gasteiger partial charge in [-0.15, -0.1) is 0 Å². The molecule has 1 aromatic heterocycles. The molecule has 3 aromatic rings. The van der Waals surface area contributed by atoms with Crippen LogP contribution in [-0.4, -0.2) is 49.9 Å². The van der Waals surface area contributed by atoms with E-state index in [9.17, 15) is 13.2 Å². The van der Waals surface area contributed by atoms with Crippen molar-refractivity contribution in [2.24, 2.45) is 0 Å². The van der Waals surface area contributed by atoms with Crippen LogP contribution in [0.25, 0.3) is 10.9 Å². The van der Waals surface area contributed by atoms with Crippen molar-refractivity contribution in [1.82, 2.24) is 14.6 Å². The number of nitrogens with one attached hydrogen (secondary N) is 1. The lowest BCUT2D eigenvalue weighted by Gasteiger charge is -2.31. The summed E-state index contributed by atoms with van der Waals surface area (Å²) in [6.07, 6.45) is 1.11. The Balaban J connectivity index is 1.39. The Bertz CT molecular complexity index is 1200. The minimum atomic E-state index is -3.51. The molecule has 162 valence electrons. The number of methoxy groups -OCH3 is 1. The van der Waals surface area contributed by atoms with Gasteiger partial charge in [0, 0.05) is 24.5 Å². The third-order valence-corrected chi connectivity index (χ3v) is 7.49. The second kappa shape index (κ2) is 8.64. The second-order valence-electron chi connectivity index (χ2n) is 7.72. The Hall–Kier alpha value is -2.97. The molecule has 31 heavy (non-hydrogen) atoms. The number of pyridine rings is 1. The molecular weight excluding hydrogens is 414 g/mol. The fourth-order valence-corrected chi connectivity index (χ4v) is 5.19. The molecule has 1 aliphatic rings. The highest BCUT2D eigenvalue weighted by Crippen LogP contribution is 2.22. The van der Waals surface area contributed by atoms with Crippen molar-refractivity contribution in [3.05, 3.63) is 65.9 Å². The van der Waals surface area contributed by atoms with Gasteiger partial charge in [0.15, 0.2) is 0 Å². The molecule has 1 saturated heterocycles. The Morgan fingerprint density at radius 3 is 2.45 bits per heavy atom. The first-order chi connectivity index (χ1) is 14.9. The van der Waals surface area contributed by atoms with Crippen molar-refractivity contribution in [3.8, 4) is 5.75 Å². The summed E-state index contributed by atoms with van der Waals surface area (Å²) in [5.74, 6) is 0.483. The Morgan fingerprint density at radius 2 is 1.77 bits per heavy atom. The quantitative estimate of drug-likeness (QED) is 0.660. The van der Waals surface area contributed by atoms with Gasteiger partial charge >= 0.3 is 0 Å². The molecule has 1 fully saturated rings. The molecule has 2 heterocycles. The van der Waals surface area contributed by atoms with Gasteiger partial charge in [-0.05, 0) is 56.2 Å². The van der Waals surface area contributed by atoms with Gasteiger partial charge in [0.2, 0.25) is 10.0 Å². The van der Waals surface area contributed by atoms with Crippen LogP contribution in [0.5, 0.6) is 5.75 Å². The van der Waals surface area contributed by atoms with Crippen molar-refractivity contribution in [1.29, 1.82) is 0 Å². The summed E-state index contributed by atoms with van der Waals surface area (Å²) < 4.78 is 32.4. The largest absolute Gasteiger partial charge is 0.497 e. The first-order valence-electron chi connectivity index (χ1n) is 10.2. The number of nitrogens with zero attached hydrogens (tertiary/aromatic N) is 2. The number of rotatable bonds is 5. The highest BCUT2D eigenvalue weighted by atomic mass is 32.2. The van der Waals surface area contributed by atoms with Crippen LogP contribution in [-0.2, 0) is 10.0 Å². The average Bonchev–Trinajstić information content (AvgIpc) is 2.79. The minimum absolute atomic E-state index is 0.0923. The van der Waals surface area contributed by atoms with Crippen molar-refractivity contribution < 1.29 is 17.9 Å². The Kier molecular flexibility index (Phi) is 5.93. The van der Waals surface area contributed by atoms with E-state index < -0.39 is 10.0 Å². The zero-order chi connectivity index (χ0) is 22.0. The van der Waals surface area contributed by atoms with E-state index in [1.165, 1.54) is 4.31 Å². The number of aryl methyl sites for hydroxylation is 1. The number of hydrogen-bond acceptors (Lipinski definition) is 5. The summed E-state index contributed by atoms with van der Waals surface area (Å²) in [4.78, 5) is 17.4. The van der Waals surface area contributed by atoms with E-state index in [4.69, 9.17) is 4.74 Å². The maximum atomic E-state index is 12.8. The van der Waals surface area contributed by atoms with Crippen molar-refractivity contribution in [2.45, 2.75) is 30.7 Å². The molecule has 0 bridgehead atoms. The first-order valence-corrected chi connectivity index (χ1v) is 11.6. The molecule has 0 radical (unpaired) electrons. The maximum Gasteiger partial charge on any atom is 0.270 e. The predicted molar refractivity (Wildman–Crippen MR) is 119 cm³/mol. The lowest BCUT2D eigenvalue weighted by molar-refractivity contribution is 0.0919. The summed E-state index contributed by atoms with van der Waals surface area (Å²) in [6, 6.07) is 15.8. The van der Waals surface area contributed by atoms with Gasteiger partial charge in [-0.1, -0.05) is 23.8 Å². The van der Waals surface area contributed by atoms with Gasteiger partial charge in [0.05, 0.1) is 17.5 Å². The van der Waals surface area contributed by atoms with Gasteiger partial charge < -0.3 is 10.1 Å². The lowest BCUT2D eigenvalue weighted by atomic mass is 10.1. The Labute approximate surface area is 182 Å². The second-order valence-corrected chi connectivity index (χ2v) is 9.66. The van der Waals surface area contributed by atoms with Gasteiger partial charge in [-0.2, -0.15) is 4.31 Å². The van der Waals surface area contributed by atoms with Crippen molar-refractivity contribution in [2.75, 3.05) is 20.2 Å². The molecule has 0 atom stereocenters. The number of carbonyl (C=O) groups is 1. The summed E-state index contributed by atoms with van der Waals surface area (Å²) >= 11 is 0. The van der Waals surface area contributed by atoms with E-state index in [0.29, 0.717) is 42.0 Å². The molecule has 0 aliphatic carbocycles. The third kappa shape index (κ3) is 4.55. The SMILES string of the molecule is COc1ccc2nc(C(=O)NC3CCN(S(=O)(=O)c4ccc(C)cc4)CC3)ccc2c1. The lowest BCUT2D eigenvalue weighted by Crippen LogP contribution is -2.46. The van der Waals surface area contributed by atoms with E-state index in [-0.39, 0.29) is 11.9 Å². The summed E-state index contributed by atoms with van der Waals surface area (Å²) in [5, 5.41) is 3.89. The topological polar surface area (TPSA) is 88.6 Å². The normalized spacial score (nSPS) is 15.7. The van der Waals surface area contributed by atoms with Gasteiger partial charge in [0.25, 0.3) is 5.91 Å². The van der Waals surface area contributed by atoms with E-state index in [1.54, 1.807) is 43.5 Å². The summed E-state index contributed by atoms with van der Waals surface area (Å²) in [5.41, 5.74) is 2.07. The maximum absolute atomic E-state index is 12.8. The van der Waals surface area contributed by atoms with Crippen LogP contribution in [0.3, 0.4) is 0 Å². The van der Waals surface area contributed by atoms with Crippen molar-refractivity contribution in [3.63, 3.8) is 0 Å². The number of sulfonamides is 1. The monoisotopic (exact) mass is 439 g/mol. The fraction of sp³-hybridized carbons (Fsp3) is 0.304. The number of ether oxygens (including phenoxy) is 1. The number of amides is 1. The van der Waals surface area contributed by atoms with Crippen LogP contribution in [0.15, 0.2) is 59.5 Å². The molecule has 2 aromatic carbocycles. The first kappa shape index (κ1) is 21.3. The van der Waals surface area contributed by atoms with Crippen LogP contribution in [0.4, 0.5) is 0 Å². The third-order valence-electron chi connectivity index (χ3n) is 5.58. The minimum Gasteiger partial charge on any atom is -0.497 e. The zero-order valence-electron chi connectivity index (χ0n) is 17.5. The number of fused-ring (bicyclic) bond motifs is 1. The molecule has 1 aliphatic heterocycles. The van der Waals surface area contributed by atoms with Crippen LogP contribution in [0.2, 0.25) is 0 Å². The van der Waals surface area contributed by atoms with E-state index >= 15 is 0 Å². The smallest absolute Gasteiger partial charge is 0.270 e. The van der Waals surface area contributed by atoms with E-state index in [2.05, 4.69) is 10.3 Å². The predicted octanol–water partition coefficient (Wildman–Crippen LogP) is 3.13. The molecule has 0 spiro atoms. The zero-order valence-corrected chi connectivity index (χ0v) is 18.4. The van der Waals surface area contributed by atoms with Gasteiger partial charge in [0.1, 0.15) is 11.4 Å². The Morgan fingerprint density at radius 1 is 1.06 bits per heavy atom. The average molecular weight is 440 g/mol. The van der Waals surface area contributed by atoms with Crippen molar-refractivity contribution >= 4 is 26.8 Å². The summed E-state index contributed by atoms with van der Waals surface area (Å²) in [6.45, 7) is 2.66. The van der Waals surface area contributed by atoms with E-state index in [1.807, 2.05) is 25.1 Å². The number of benzene rings is 2. The molecule has 0 saturated carbocycles. The molecule has 7 nitrogen and oxygen atoms in total. The molecule has 1 amide bonds. The molecule has 4 rings (SSSR count). The van der Waals surface area contributed by atoms with E-state index in [0.717, 1.165) is 16.7 Å². The molecular formula is C23H25N3O4S. The number of carbonyl (C=O) groups excluding carboxylic acids is 1. The number of piperidine rings is 1. The highest BCUT2D eigenvalue weighted by molar-refractivity contribution is 7.89. The summed E-state index contributed by atoms with van der Waals surface area (Å²) in [7, 11) is -1.91. The van der Waals surface area contributed by atoms with Crippen LogP contribution in [0, 0.1) is 6.92 Å². The standard InChI is InChI=1S/C23H25N3O4S/c1-16-3-7-20(8-4-16)31(28,29)26-13-11-18(12-14-26)24-23(27)22-9-5-17-15-19(30-2)6-10-21(17)25-22/h3-10,15,18H,11-14H2,1-2H3,(H,24,27). The number of aromatic nitrogens is 1. The van der Waals surface area contributed by atoms with Crippen LogP contribution >= 0.6 is 0 Å². The van der Waals surface area contributed by atoms with Crippen LogP contribution in [0.1, 0.15) is 28.9 Å². The van der Waals surface area contributed by atoms with Gasteiger partial charge in [-0.3, -0.25) is 4.79 Å². The molecule has 0 unspecified atom stereocenters. The van der Waals surface area contributed by atoms with Gasteiger partial charge in [-0.25, -0.2) is 13.4 Å². The number of hydrogen-bond donors (Lipinski definition) is 1.